The maximum atomic E-state index is 11.6. The van der Waals surface area contributed by atoms with Crippen molar-refractivity contribution >= 4 is 33.5 Å². The minimum Gasteiger partial charge on any atom is -0.481 e. The van der Waals surface area contributed by atoms with Gasteiger partial charge < -0.3 is 10.4 Å². The van der Waals surface area contributed by atoms with Crippen LogP contribution in [0.25, 0.3) is 0 Å². The van der Waals surface area contributed by atoms with Crippen molar-refractivity contribution in [3.05, 3.63) is 38.3 Å². The van der Waals surface area contributed by atoms with Gasteiger partial charge in [0.15, 0.2) is 0 Å². The van der Waals surface area contributed by atoms with Crippen molar-refractivity contribution in [1.82, 2.24) is 5.32 Å². The van der Waals surface area contributed by atoms with E-state index in [9.17, 15) is 19.7 Å². The number of rotatable bonds is 5. The van der Waals surface area contributed by atoms with Gasteiger partial charge in [-0.15, -0.1) is 0 Å². The molecular weight excluding hydrogens is 308 g/mol. The van der Waals surface area contributed by atoms with Crippen LogP contribution in [0.5, 0.6) is 0 Å². The molecule has 8 heteroatoms. The van der Waals surface area contributed by atoms with E-state index in [-0.39, 0.29) is 28.7 Å². The molecule has 0 fully saturated rings. The van der Waals surface area contributed by atoms with Gasteiger partial charge in [0.2, 0.25) is 0 Å². The quantitative estimate of drug-likeness (QED) is 0.632. The number of carboxylic acid groups (broad SMARTS) is 1. The third-order valence-corrected chi connectivity index (χ3v) is 2.70. The van der Waals surface area contributed by atoms with E-state index in [2.05, 4.69) is 21.2 Å². The molecule has 0 heterocycles. The van der Waals surface area contributed by atoms with Crippen LogP contribution in [0, 0.1) is 10.1 Å². The monoisotopic (exact) mass is 316 g/mol. The number of hydrogen-bond acceptors (Lipinski definition) is 4. The van der Waals surface area contributed by atoms with Crippen LogP contribution in [0.4, 0.5) is 5.69 Å². The standard InChI is InChI=1S/C10H9BrN2O5/c11-7-2-1-6(5-8(7)13(17)18)10(16)12-4-3-9(14)15/h1-2,5H,3-4H2,(H,12,16)(H,14,15). The summed E-state index contributed by atoms with van der Waals surface area (Å²) < 4.78 is 0.273. The van der Waals surface area contributed by atoms with Gasteiger partial charge in [0.25, 0.3) is 11.6 Å². The lowest BCUT2D eigenvalue weighted by molar-refractivity contribution is -0.385. The largest absolute Gasteiger partial charge is 0.481 e. The van der Waals surface area contributed by atoms with Crippen LogP contribution in [0.3, 0.4) is 0 Å². The van der Waals surface area contributed by atoms with Gasteiger partial charge in [-0.05, 0) is 28.1 Å². The summed E-state index contributed by atoms with van der Waals surface area (Å²) in [6.07, 6.45) is -0.204. The van der Waals surface area contributed by atoms with Crippen LogP contribution in [0.1, 0.15) is 16.8 Å². The lowest BCUT2D eigenvalue weighted by Gasteiger charge is -2.04. The first kappa shape index (κ1) is 14.1. The van der Waals surface area contributed by atoms with Crippen LogP contribution < -0.4 is 5.32 Å². The second kappa shape index (κ2) is 6.10. The van der Waals surface area contributed by atoms with Crippen LogP contribution in [-0.4, -0.2) is 28.5 Å². The molecule has 1 rings (SSSR count). The fourth-order valence-electron chi connectivity index (χ4n) is 1.18. The third-order valence-electron chi connectivity index (χ3n) is 2.03. The Morgan fingerprint density at radius 3 is 2.67 bits per heavy atom. The van der Waals surface area contributed by atoms with Gasteiger partial charge in [-0.25, -0.2) is 0 Å². The molecule has 96 valence electrons. The summed E-state index contributed by atoms with van der Waals surface area (Å²) in [7, 11) is 0. The number of amides is 1. The number of carboxylic acids is 1. The van der Waals surface area contributed by atoms with Crippen molar-refractivity contribution in [2.75, 3.05) is 6.54 Å². The minimum absolute atomic E-state index is 0.0297. The molecule has 0 aliphatic carbocycles. The second-order valence-electron chi connectivity index (χ2n) is 3.32. The van der Waals surface area contributed by atoms with Crippen molar-refractivity contribution in [1.29, 1.82) is 0 Å². The molecule has 1 aromatic carbocycles. The maximum Gasteiger partial charge on any atom is 0.305 e. The number of aliphatic carboxylic acids is 1. The molecule has 0 bridgehead atoms. The Balaban J connectivity index is 2.77. The summed E-state index contributed by atoms with van der Waals surface area (Å²) in [4.78, 5) is 31.9. The highest BCUT2D eigenvalue weighted by Gasteiger charge is 2.15. The number of nitro benzene ring substituents is 1. The number of carbonyl (C=O) groups excluding carboxylic acids is 1. The number of hydrogen-bond donors (Lipinski definition) is 2. The van der Waals surface area contributed by atoms with Crippen molar-refractivity contribution in [2.24, 2.45) is 0 Å². The van der Waals surface area contributed by atoms with Gasteiger partial charge in [-0.1, -0.05) is 0 Å². The summed E-state index contributed by atoms with van der Waals surface area (Å²) in [5, 5.41) is 21.4. The van der Waals surface area contributed by atoms with E-state index in [4.69, 9.17) is 5.11 Å². The fraction of sp³-hybridized carbons (Fsp3) is 0.200. The van der Waals surface area contributed by atoms with Crippen LogP contribution in [-0.2, 0) is 4.79 Å². The molecular formula is C10H9BrN2O5. The fourth-order valence-corrected chi connectivity index (χ4v) is 1.57. The molecule has 1 aromatic rings. The molecule has 0 unspecified atom stereocenters. The van der Waals surface area contributed by atoms with Crippen molar-refractivity contribution in [2.45, 2.75) is 6.42 Å². The Morgan fingerprint density at radius 2 is 2.11 bits per heavy atom. The molecule has 0 aliphatic rings. The number of nitrogens with one attached hydrogen (secondary N) is 1. The summed E-state index contributed by atoms with van der Waals surface area (Å²) in [6.45, 7) is -0.0297. The molecule has 7 nitrogen and oxygen atoms in total. The number of benzene rings is 1. The lowest BCUT2D eigenvalue weighted by Crippen LogP contribution is -2.26. The average Bonchev–Trinajstić information content (AvgIpc) is 2.28. The Morgan fingerprint density at radius 1 is 1.44 bits per heavy atom. The van der Waals surface area contributed by atoms with Gasteiger partial charge in [-0.2, -0.15) is 0 Å². The first-order valence-electron chi connectivity index (χ1n) is 4.85. The van der Waals surface area contributed by atoms with E-state index in [1.165, 1.54) is 12.1 Å². The van der Waals surface area contributed by atoms with Gasteiger partial charge in [0, 0.05) is 18.2 Å². The van der Waals surface area contributed by atoms with E-state index in [1.807, 2.05) is 0 Å². The maximum absolute atomic E-state index is 11.6. The SMILES string of the molecule is O=C(O)CCNC(=O)c1ccc(Br)c([N+](=O)[O-])c1. The zero-order valence-electron chi connectivity index (χ0n) is 9.05. The molecule has 0 atom stereocenters. The normalized spacial score (nSPS) is 9.83. The van der Waals surface area contributed by atoms with Gasteiger partial charge >= 0.3 is 5.97 Å². The van der Waals surface area contributed by atoms with E-state index in [0.29, 0.717) is 0 Å². The third kappa shape index (κ3) is 3.81. The van der Waals surface area contributed by atoms with E-state index < -0.39 is 16.8 Å². The predicted molar refractivity (Wildman–Crippen MR) is 65.4 cm³/mol. The topological polar surface area (TPSA) is 110 Å². The first-order valence-corrected chi connectivity index (χ1v) is 5.65. The van der Waals surface area contributed by atoms with Crippen molar-refractivity contribution in [3.8, 4) is 0 Å². The van der Waals surface area contributed by atoms with E-state index >= 15 is 0 Å². The Labute approximate surface area is 110 Å². The highest BCUT2D eigenvalue weighted by molar-refractivity contribution is 9.10. The summed E-state index contributed by atoms with van der Waals surface area (Å²) in [5.74, 6) is -1.58. The molecule has 18 heavy (non-hydrogen) atoms. The molecule has 0 saturated carbocycles. The molecule has 2 N–H and O–H groups in total. The Kier molecular flexibility index (Phi) is 4.78. The average molecular weight is 317 g/mol. The Hall–Kier alpha value is -1.96. The molecule has 1 amide bonds. The lowest BCUT2D eigenvalue weighted by atomic mass is 10.2. The van der Waals surface area contributed by atoms with Crippen LogP contribution in [0.15, 0.2) is 22.7 Å². The van der Waals surface area contributed by atoms with Gasteiger partial charge in [-0.3, -0.25) is 19.7 Å². The zero-order chi connectivity index (χ0) is 13.7. The molecule has 0 aromatic heterocycles. The highest BCUT2D eigenvalue weighted by atomic mass is 79.9. The van der Waals surface area contributed by atoms with E-state index in [1.54, 1.807) is 0 Å². The molecule has 0 radical (unpaired) electrons. The van der Waals surface area contributed by atoms with E-state index in [0.717, 1.165) is 6.07 Å². The summed E-state index contributed by atoms with van der Waals surface area (Å²) >= 11 is 3.00. The molecule has 0 saturated heterocycles. The number of nitrogens with zero attached hydrogens (tertiary/aromatic N) is 1. The predicted octanol–water partition coefficient (Wildman–Crippen LogP) is 1.56. The number of nitro groups is 1. The summed E-state index contributed by atoms with van der Waals surface area (Å²) in [5.41, 5.74) is -0.115. The minimum atomic E-state index is -1.03. The first-order chi connectivity index (χ1) is 8.41. The van der Waals surface area contributed by atoms with Crippen molar-refractivity contribution < 1.29 is 19.6 Å². The van der Waals surface area contributed by atoms with Gasteiger partial charge in [0.1, 0.15) is 0 Å². The number of halogens is 1. The second-order valence-corrected chi connectivity index (χ2v) is 4.18. The Bertz CT molecular complexity index is 503. The zero-order valence-corrected chi connectivity index (χ0v) is 10.6. The molecule has 0 aliphatic heterocycles. The molecule has 0 spiro atoms. The van der Waals surface area contributed by atoms with Crippen molar-refractivity contribution in [3.63, 3.8) is 0 Å². The van der Waals surface area contributed by atoms with Gasteiger partial charge in [0.05, 0.1) is 15.8 Å². The van der Waals surface area contributed by atoms with Crippen LogP contribution in [0.2, 0.25) is 0 Å². The van der Waals surface area contributed by atoms with Crippen LogP contribution >= 0.6 is 15.9 Å². The summed E-state index contributed by atoms with van der Waals surface area (Å²) in [6, 6.07) is 3.93. The highest BCUT2D eigenvalue weighted by Crippen LogP contribution is 2.25. The smallest absolute Gasteiger partial charge is 0.305 e. The number of carbonyl (C=O) groups is 2.